The number of halogens is 2. The number of benzene rings is 2. The van der Waals surface area contributed by atoms with E-state index in [2.05, 4.69) is 10.6 Å². The van der Waals surface area contributed by atoms with Gasteiger partial charge in [-0.1, -0.05) is 29.3 Å². The van der Waals surface area contributed by atoms with E-state index in [0.29, 0.717) is 33.3 Å². The fraction of sp³-hybridized carbons (Fsp3) is 0.0870. The van der Waals surface area contributed by atoms with Crippen LogP contribution in [-0.2, 0) is 16.1 Å². The Balaban J connectivity index is 1.47. The minimum atomic E-state index is -0.640. The van der Waals surface area contributed by atoms with Gasteiger partial charge in [-0.3, -0.25) is 14.4 Å². The highest BCUT2D eigenvalue weighted by atomic mass is 35.5. The first-order valence-electron chi connectivity index (χ1n) is 9.58. The summed E-state index contributed by atoms with van der Waals surface area (Å²) >= 11 is 12.3. The third-order valence-electron chi connectivity index (χ3n) is 4.93. The van der Waals surface area contributed by atoms with Gasteiger partial charge >= 0.3 is 0 Å². The molecular formula is C23H17Cl2N3O4. The summed E-state index contributed by atoms with van der Waals surface area (Å²) in [6.07, 6.45) is 1.53. The van der Waals surface area contributed by atoms with Gasteiger partial charge in [-0.15, -0.1) is 0 Å². The first-order chi connectivity index (χ1) is 15.4. The van der Waals surface area contributed by atoms with E-state index in [9.17, 15) is 14.4 Å². The summed E-state index contributed by atoms with van der Waals surface area (Å²) < 4.78 is 5.18. The van der Waals surface area contributed by atoms with E-state index in [-0.39, 0.29) is 23.2 Å². The third kappa shape index (κ3) is 4.12. The molecule has 3 amide bonds. The van der Waals surface area contributed by atoms with Gasteiger partial charge in [-0.2, -0.15) is 0 Å². The Kier molecular flexibility index (Phi) is 6.03. The zero-order chi connectivity index (χ0) is 22.8. The number of nitrogens with one attached hydrogen (secondary N) is 2. The van der Waals surface area contributed by atoms with Gasteiger partial charge in [0.25, 0.3) is 17.7 Å². The molecule has 162 valence electrons. The van der Waals surface area contributed by atoms with Crippen molar-refractivity contribution in [3.63, 3.8) is 0 Å². The molecule has 3 aromatic rings. The van der Waals surface area contributed by atoms with E-state index in [1.54, 1.807) is 61.5 Å². The molecule has 0 radical (unpaired) electrons. The summed E-state index contributed by atoms with van der Waals surface area (Å²) in [5, 5.41) is 5.83. The van der Waals surface area contributed by atoms with E-state index in [0.717, 1.165) is 4.90 Å². The quantitative estimate of drug-likeness (QED) is 0.514. The number of rotatable bonds is 6. The number of anilines is 2. The van der Waals surface area contributed by atoms with Crippen molar-refractivity contribution >= 4 is 52.3 Å². The Morgan fingerprint density at radius 2 is 1.75 bits per heavy atom. The molecule has 0 unspecified atom stereocenters. The number of nitrogens with zero attached hydrogens (tertiary/aromatic N) is 1. The maximum atomic E-state index is 13.0. The molecule has 0 saturated heterocycles. The number of carbonyl (C=O) groups excluding carboxylic acids is 3. The minimum Gasteiger partial charge on any atom is -0.467 e. The molecule has 4 rings (SSSR count). The zero-order valence-corrected chi connectivity index (χ0v) is 18.3. The van der Waals surface area contributed by atoms with Crippen LogP contribution in [0.5, 0.6) is 0 Å². The van der Waals surface area contributed by atoms with Crippen LogP contribution in [0.25, 0.3) is 0 Å². The van der Waals surface area contributed by atoms with Crippen molar-refractivity contribution < 1.29 is 18.8 Å². The molecule has 32 heavy (non-hydrogen) atoms. The molecule has 2 N–H and O–H groups in total. The van der Waals surface area contributed by atoms with Gasteiger partial charge < -0.3 is 15.1 Å². The van der Waals surface area contributed by atoms with E-state index in [4.69, 9.17) is 27.6 Å². The van der Waals surface area contributed by atoms with Crippen molar-refractivity contribution in [2.45, 2.75) is 13.5 Å². The predicted octanol–water partition coefficient (Wildman–Crippen LogP) is 4.61. The Hall–Kier alpha value is -3.55. The number of imide groups is 1. The molecule has 0 fully saturated rings. The normalized spacial score (nSPS) is 13.7. The fourth-order valence-electron chi connectivity index (χ4n) is 3.20. The number of hydrogen-bond acceptors (Lipinski definition) is 5. The Bertz CT molecular complexity index is 1230. The lowest BCUT2D eigenvalue weighted by atomic mass is 10.2. The molecular weight excluding hydrogens is 453 g/mol. The highest BCUT2D eigenvalue weighted by Gasteiger charge is 2.39. The lowest BCUT2D eigenvalue weighted by Crippen LogP contribution is -2.32. The molecule has 9 heteroatoms. The van der Waals surface area contributed by atoms with E-state index >= 15 is 0 Å². The van der Waals surface area contributed by atoms with E-state index in [1.807, 2.05) is 0 Å². The van der Waals surface area contributed by atoms with Crippen LogP contribution in [0.2, 0.25) is 5.02 Å². The third-order valence-corrected chi connectivity index (χ3v) is 5.69. The molecule has 2 aromatic carbocycles. The molecule has 1 aliphatic heterocycles. The average molecular weight is 470 g/mol. The lowest BCUT2D eigenvalue weighted by molar-refractivity contribution is -0.120. The van der Waals surface area contributed by atoms with Gasteiger partial charge in [0.2, 0.25) is 0 Å². The Morgan fingerprint density at radius 1 is 1.00 bits per heavy atom. The van der Waals surface area contributed by atoms with Gasteiger partial charge in [-0.05, 0) is 61.0 Å². The van der Waals surface area contributed by atoms with Gasteiger partial charge in [0, 0.05) is 16.3 Å². The second kappa shape index (κ2) is 8.90. The molecule has 0 bridgehead atoms. The number of carbonyl (C=O) groups is 3. The molecule has 0 saturated carbocycles. The monoisotopic (exact) mass is 469 g/mol. The molecule has 2 heterocycles. The summed E-state index contributed by atoms with van der Waals surface area (Å²) in [4.78, 5) is 38.9. The maximum absolute atomic E-state index is 13.0. The second-order valence-electron chi connectivity index (χ2n) is 6.98. The van der Waals surface area contributed by atoms with Crippen molar-refractivity contribution in [2.24, 2.45) is 0 Å². The van der Waals surface area contributed by atoms with Crippen molar-refractivity contribution in [3.05, 3.63) is 93.5 Å². The standard InChI is InChI=1S/C23H17Cl2N3O4/c1-13-17(24)5-2-6-18(13)28-22(30)19(25)20(23(28)31)27-15-9-7-14(8-10-15)21(29)26-12-16-4-3-11-32-16/h2-11,27H,12H2,1H3,(H,26,29). The van der Waals surface area contributed by atoms with Crippen molar-refractivity contribution in [1.82, 2.24) is 5.32 Å². The summed E-state index contributed by atoms with van der Waals surface area (Å²) in [6, 6.07) is 14.9. The van der Waals surface area contributed by atoms with E-state index < -0.39 is 11.8 Å². The Labute approximate surface area is 193 Å². The molecule has 1 aliphatic rings. The smallest absolute Gasteiger partial charge is 0.283 e. The van der Waals surface area contributed by atoms with Crippen LogP contribution in [-0.4, -0.2) is 17.7 Å². The summed E-state index contributed by atoms with van der Waals surface area (Å²) in [5.74, 6) is -0.869. The summed E-state index contributed by atoms with van der Waals surface area (Å²) in [7, 11) is 0. The molecule has 0 aliphatic carbocycles. The van der Waals surface area contributed by atoms with Gasteiger partial charge in [0.1, 0.15) is 16.5 Å². The lowest BCUT2D eigenvalue weighted by Gasteiger charge is -2.18. The fourth-order valence-corrected chi connectivity index (χ4v) is 3.58. The molecule has 0 spiro atoms. The number of hydrogen-bond donors (Lipinski definition) is 2. The highest BCUT2D eigenvalue weighted by molar-refractivity contribution is 6.53. The van der Waals surface area contributed by atoms with Crippen molar-refractivity contribution in [2.75, 3.05) is 10.2 Å². The SMILES string of the molecule is Cc1c(Cl)cccc1N1C(=O)C(Cl)=C(Nc2ccc(C(=O)NCc3ccco3)cc2)C1=O. The number of furan rings is 1. The Morgan fingerprint density at radius 3 is 2.44 bits per heavy atom. The van der Waals surface area contributed by atoms with Gasteiger partial charge in [0.05, 0.1) is 18.5 Å². The molecule has 1 aromatic heterocycles. The number of amides is 3. The van der Waals surface area contributed by atoms with Crippen molar-refractivity contribution in [3.8, 4) is 0 Å². The largest absolute Gasteiger partial charge is 0.467 e. The predicted molar refractivity (Wildman–Crippen MR) is 122 cm³/mol. The maximum Gasteiger partial charge on any atom is 0.283 e. The minimum absolute atomic E-state index is 0.0499. The summed E-state index contributed by atoms with van der Waals surface area (Å²) in [5.41, 5.74) is 1.82. The molecule has 7 nitrogen and oxygen atoms in total. The van der Waals surface area contributed by atoms with Crippen LogP contribution in [0, 0.1) is 6.92 Å². The van der Waals surface area contributed by atoms with Crippen LogP contribution in [0.4, 0.5) is 11.4 Å². The first-order valence-corrected chi connectivity index (χ1v) is 10.3. The van der Waals surface area contributed by atoms with Gasteiger partial charge in [-0.25, -0.2) is 4.90 Å². The van der Waals surface area contributed by atoms with E-state index in [1.165, 1.54) is 6.26 Å². The zero-order valence-electron chi connectivity index (χ0n) is 16.8. The highest BCUT2D eigenvalue weighted by Crippen LogP contribution is 2.34. The second-order valence-corrected chi connectivity index (χ2v) is 7.77. The average Bonchev–Trinajstić information content (AvgIpc) is 3.38. The topological polar surface area (TPSA) is 91.7 Å². The first kappa shape index (κ1) is 21.7. The van der Waals surface area contributed by atoms with Crippen LogP contribution in [0.15, 0.2) is 76.0 Å². The van der Waals surface area contributed by atoms with Crippen LogP contribution in [0.3, 0.4) is 0 Å². The van der Waals surface area contributed by atoms with Crippen LogP contribution >= 0.6 is 23.2 Å². The molecule has 0 atom stereocenters. The van der Waals surface area contributed by atoms with Crippen molar-refractivity contribution in [1.29, 1.82) is 0 Å². The van der Waals surface area contributed by atoms with Gasteiger partial charge in [0.15, 0.2) is 0 Å². The van der Waals surface area contributed by atoms with Crippen LogP contribution < -0.4 is 15.5 Å². The summed E-state index contributed by atoms with van der Waals surface area (Å²) in [6.45, 7) is 1.98. The van der Waals surface area contributed by atoms with Crippen LogP contribution in [0.1, 0.15) is 21.7 Å².